The second-order valence-corrected chi connectivity index (χ2v) is 6.97. The Morgan fingerprint density at radius 1 is 1.37 bits per heavy atom. The Morgan fingerprint density at radius 2 is 2.11 bits per heavy atom. The molecule has 0 bridgehead atoms. The van der Waals surface area contributed by atoms with Gasteiger partial charge in [-0.3, -0.25) is 0 Å². The largest absolute Gasteiger partial charge is 0.381 e. The third-order valence-corrected chi connectivity index (χ3v) is 4.98. The molecule has 0 heterocycles. The highest BCUT2D eigenvalue weighted by atomic mass is 79.9. The van der Waals surface area contributed by atoms with Crippen LogP contribution in [0.4, 0.5) is 0 Å². The van der Waals surface area contributed by atoms with E-state index in [0.717, 1.165) is 6.42 Å². The Hall–Kier alpha value is -0.140. The first-order valence-corrected chi connectivity index (χ1v) is 8.65. The molecular formula is C12H17BrClNO3S. The molecule has 0 unspecified atom stereocenters. The predicted octanol–water partition coefficient (Wildman–Crippen LogP) is 3.20. The Labute approximate surface area is 127 Å². The number of sulfonamides is 1. The molecule has 0 radical (unpaired) electrons. The predicted molar refractivity (Wildman–Crippen MR) is 80.1 cm³/mol. The van der Waals surface area contributed by atoms with Gasteiger partial charge in [0, 0.05) is 24.2 Å². The molecular weight excluding hydrogens is 354 g/mol. The van der Waals surface area contributed by atoms with Gasteiger partial charge in [0.15, 0.2) is 0 Å². The van der Waals surface area contributed by atoms with E-state index in [-0.39, 0.29) is 4.90 Å². The fourth-order valence-corrected chi connectivity index (χ4v) is 3.10. The first-order valence-electron chi connectivity index (χ1n) is 6.00. The van der Waals surface area contributed by atoms with E-state index in [1.807, 2.05) is 6.92 Å². The van der Waals surface area contributed by atoms with Crippen LogP contribution in [0.1, 0.15) is 19.8 Å². The maximum Gasteiger partial charge on any atom is 0.240 e. The van der Waals surface area contributed by atoms with Crippen LogP contribution in [-0.2, 0) is 14.8 Å². The highest BCUT2D eigenvalue weighted by molar-refractivity contribution is 9.10. The van der Waals surface area contributed by atoms with E-state index < -0.39 is 10.0 Å². The van der Waals surface area contributed by atoms with Gasteiger partial charge in [0.2, 0.25) is 10.0 Å². The van der Waals surface area contributed by atoms with Crippen molar-refractivity contribution in [1.82, 2.24) is 4.72 Å². The van der Waals surface area contributed by atoms with E-state index in [0.29, 0.717) is 35.7 Å². The van der Waals surface area contributed by atoms with Crippen molar-refractivity contribution in [3.8, 4) is 0 Å². The third kappa shape index (κ3) is 5.79. The summed E-state index contributed by atoms with van der Waals surface area (Å²) in [5.41, 5.74) is 0. The monoisotopic (exact) mass is 369 g/mol. The molecule has 0 spiro atoms. The fraction of sp³-hybridized carbons (Fsp3) is 0.500. The molecule has 7 heteroatoms. The molecule has 1 rings (SSSR count). The maximum absolute atomic E-state index is 12.0. The van der Waals surface area contributed by atoms with Gasteiger partial charge in [-0.1, -0.05) is 18.5 Å². The molecule has 1 N–H and O–H groups in total. The summed E-state index contributed by atoms with van der Waals surface area (Å²) < 4.78 is 32.3. The van der Waals surface area contributed by atoms with Gasteiger partial charge < -0.3 is 4.74 Å². The Balaban J connectivity index is 2.49. The first-order chi connectivity index (χ1) is 8.97. The molecule has 1 aromatic carbocycles. The fourth-order valence-electron chi connectivity index (χ4n) is 1.35. The second kappa shape index (κ2) is 8.21. The molecule has 0 aliphatic rings. The number of hydrogen-bond donors (Lipinski definition) is 1. The zero-order valence-corrected chi connectivity index (χ0v) is 13.8. The Morgan fingerprint density at radius 3 is 2.74 bits per heavy atom. The van der Waals surface area contributed by atoms with Crippen molar-refractivity contribution in [2.45, 2.75) is 24.7 Å². The van der Waals surface area contributed by atoms with Gasteiger partial charge in [0.25, 0.3) is 0 Å². The van der Waals surface area contributed by atoms with Crippen molar-refractivity contribution < 1.29 is 13.2 Å². The smallest absolute Gasteiger partial charge is 0.240 e. The molecule has 0 fully saturated rings. The third-order valence-electron chi connectivity index (χ3n) is 2.31. The Bertz CT molecular complexity index is 508. The van der Waals surface area contributed by atoms with Crippen LogP contribution < -0.4 is 4.72 Å². The van der Waals surface area contributed by atoms with Gasteiger partial charge in [-0.15, -0.1) is 0 Å². The molecule has 0 aliphatic heterocycles. The molecule has 0 aliphatic carbocycles. The summed E-state index contributed by atoms with van der Waals surface area (Å²) in [5, 5.41) is 0.479. The second-order valence-electron chi connectivity index (χ2n) is 3.94. The van der Waals surface area contributed by atoms with Crippen molar-refractivity contribution >= 4 is 37.6 Å². The molecule has 0 amide bonds. The van der Waals surface area contributed by atoms with Crippen LogP contribution in [0, 0.1) is 0 Å². The molecule has 0 saturated heterocycles. The van der Waals surface area contributed by atoms with Crippen LogP contribution in [0.5, 0.6) is 0 Å². The number of nitrogens with one attached hydrogen (secondary N) is 1. The summed E-state index contributed by atoms with van der Waals surface area (Å²) in [4.78, 5) is 0.193. The van der Waals surface area contributed by atoms with E-state index in [1.165, 1.54) is 12.1 Å². The average molecular weight is 371 g/mol. The van der Waals surface area contributed by atoms with Crippen LogP contribution in [0.25, 0.3) is 0 Å². The number of rotatable bonds is 8. The highest BCUT2D eigenvalue weighted by Crippen LogP contribution is 2.25. The zero-order valence-electron chi connectivity index (χ0n) is 10.7. The Kier molecular flexibility index (Phi) is 7.31. The minimum atomic E-state index is -3.49. The number of ether oxygens (including phenoxy) is 1. The van der Waals surface area contributed by atoms with E-state index in [1.54, 1.807) is 6.07 Å². The van der Waals surface area contributed by atoms with Crippen molar-refractivity contribution in [3.63, 3.8) is 0 Å². The highest BCUT2D eigenvalue weighted by Gasteiger charge is 2.14. The molecule has 108 valence electrons. The van der Waals surface area contributed by atoms with Gasteiger partial charge >= 0.3 is 0 Å². The molecule has 0 saturated carbocycles. The van der Waals surface area contributed by atoms with E-state index in [2.05, 4.69) is 20.7 Å². The lowest BCUT2D eigenvalue weighted by Crippen LogP contribution is -2.25. The van der Waals surface area contributed by atoms with Gasteiger partial charge in [-0.2, -0.15) is 0 Å². The molecule has 19 heavy (non-hydrogen) atoms. The van der Waals surface area contributed by atoms with Gasteiger partial charge in [-0.05, 0) is 47.0 Å². The van der Waals surface area contributed by atoms with E-state index in [9.17, 15) is 8.42 Å². The maximum atomic E-state index is 12.0. The summed E-state index contributed by atoms with van der Waals surface area (Å²) in [6, 6.07) is 4.51. The van der Waals surface area contributed by atoms with Crippen molar-refractivity contribution in [3.05, 3.63) is 27.7 Å². The number of hydrogen-bond acceptors (Lipinski definition) is 3. The van der Waals surface area contributed by atoms with Crippen molar-refractivity contribution in [1.29, 1.82) is 0 Å². The van der Waals surface area contributed by atoms with Gasteiger partial charge in [0.1, 0.15) is 0 Å². The van der Waals surface area contributed by atoms with Gasteiger partial charge in [-0.25, -0.2) is 13.1 Å². The summed E-state index contributed by atoms with van der Waals surface area (Å²) >= 11 is 9.03. The SMILES string of the molecule is CCCOCCCNS(=O)(=O)c1ccc(Cl)c(Br)c1. The van der Waals surface area contributed by atoms with Crippen LogP contribution in [0.2, 0.25) is 5.02 Å². The van der Waals surface area contributed by atoms with Gasteiger partial charge in [0.05, 0.1) is 9.92 Å². The van der Waals surface area contributed by atoms with Crippen LogP contribution in [0.15, 0.2) is 27.6 Å². The molecule has 4 nitrogen and oxygen atoms in total. The standard InChI is InChI=1S/C12H17BrClNO3S/c1-2-7-18-8-3-6-15-19(16,17)10-4-5-12(14)11(13)9-10/h4-5,9,15H,2-3,6-8H2,1H3. The van der Waals surface area contributed by atoms with E-state index in [4.69, 9.17) is 16.3 Å². The zero-order chi connectivity index (χ0) is 14.3. The normalized spacial score (nSPS) is 11.7. The topological polar surface area (TPSA) is 55.4 Å². The minimum Gasteiger partial charge on any atom is -0.381 e. The number of halogens is 2. The first kappa shape index (κ1) is 16.9. The van der Waals surface area contributed by atoms with Crippen LogP contribution in [-0.4, -0.2) is 28.2 Å². The lowest BCUT2D eigenvalue weighted by atomic mass is 10.4. The molecule has 0 atom stereocenters. The van der Waals surface area contributed by atoms with Crippen molar-refractivity contribution in [2.75, 3.05) is 19.8 Å². The lowest BCUT2D eigenvalue weighted by molar-refractivity contribution is 0.133. The number of benzene rings is 1. The van der Waals surface area contributed by atoms with E-state index >= 15 is 0 Å². The lowest BCUT2D eigenvalue weighted by Gasteiger charge is -2.08. The molecule has 0 aromatic heterocycles. The quantitative estimate of drug-likeness (QED) is 0.715. The average Bonchev–Trinajstić information content (AvgIpc) is 2.36. The van der Waals surface area contributed by atoms with Crippen molar-refractivity contribution in [2.24, 2.45) is 0 Å². The summed E-state index contributed by atoms with van der Waals surface area (Å²) in [7, 11) is -3.49. The summed E-state index contributed by atoms with van der Waals surface area (Å²) in [6.45, 7) is 3.64. The summed E-state index contributed by atoms with van der Waals surface area (Å²) in [5.74, 6) is 0. The van der Waals surface area contributed by atoms with Crippen LogP contribution >= 0.6 is 27.5 Å². The minimum absolute atomic E-state index is 0.193. The summed E-state index contributed by atoms with van der Waals surface area (Å²) in [6.07, 6.45) is 1.61. The molecule has 1 aromatic rings. The van der Waals surface area contributed by atoms with Crippen LogP contribution in [0.3, 0.4) is 0 Å².